The Morgan fingerprint density at radius 2 is 2.12 bits per heavy atom. The molecule has 1 atom stereocenters. The molecule has 0 bridgehead atoms. The molecule has 4 heteroatoms. The fourth-order valence-corrected chi connectivity index (χ4v) is 3.26. The summed E-state index contributed by atoms with van der Waals surface area (Å²) in [5.41, 5.74) is 3.72. The van der Waals surface area contributed by atoms with Crippen molar-refractivity contribution in [2.75, 3.05) is 0 Å². The summed E-state index contributed by atoms with van der Waals surface area (Å²) < 4.78 is 0.879. The van der Waals surface area contributed by atoms with E-state index in [1.165, 1.54) is 0 Å². The lowest BCUT2D eigenvalue weighted by atomic mass is 9.90. The zero-order chi connectivity index (χ0) is 18.6. The summed E-state index contributed by atoms with van der Waals surface area (Å²) in [6.07, 6.45) is 8.50. The number of halogens is 1. The monoisotopic (exact) mass is 399 g/mol. The van der Waals surface area contributed by atoms with E-state index < -0.39 is 5.92 Å². The lowest BCUT2D eigenvalue weighted by Gasteiger charge is -2.11. The minimum absolute atomic E-state index is 0.0962. The molecule has 1 aromatic heterocycles. The normalized spacial score (nSPS) is 20.5. The maximum absolute atomic E-state index is 12.7. The van der Waals surface area contributed by atoms with Crippen molar-refractivity contribution in [3.8, 4) is 0 Å². The Bertz CT molecular complexity index is 815. The van der Waals surface area contributed by atoms with Gasteiger partial charge in [-0.25, -0.2) is 0 Å². The molecule has 0 aromatic carbocycles. The molecule has 0 N–H and O–H groups in total. The number of allylic oxidation sites excluding steroid dienone is 6. The van der Waals surface area contributed by atoms with E-state index in [0.717, 1.165) is 22.0 Å². The van der Waals surface area contributed by atoms with Crippen LogP contribution in [0.4, 0.5) is 0 Å². The fourth-order valence-electron chi connectivity index (χ4n) is 2.90. The number of rotatable bonds is 5. The van der Waals surface area contributed by atoms with Crippen LogP contribution in [-0.4, -0.2) is 16.6 Å². The second kappa shape index (κ2) is 8.34. The van der Waals surface area contributed by atoms with Gasteiger partial charge >= 0.3 is 0 Å². The second-order valence-electron chi connectivity index (χ2n) is 6.22. The Hall–Kier alpha value is -2.07. The van der Waals surface area contributed by atoms with Gasteiger partial charge in [0.25, 0.3) is 0 Å². The Balaban J connectivity index is 2.26. The Labute approximate surface area is 157 Å². The zero-order valence-electron chi connectivity index (χ0n) is 14.8. The first-order chi connectivity index (χ1) is 11.8. The van der Waals surface area contributed by atoms with Crippen molar-refractivity contribution < 1.29 is 9.59 Å². The molecule has 0 saturated heterocycles. The largest absolute Gasteiger partial charge is 0.298 e. The smallest absolute Gasteiger partial charge is 0.174 e. The zero-order valence-corrected chi connectivity index (χ0v) is 16.4. The first-order valence-corrected chi connectivity index (χ1v) is 9.06. The maximum atomic E-state index is 12.7. The molecule has 1 aliphatic rings. The minimum atomic E-state index is -0.774. The van der Waals surface area contributed by atoms with Crippen LogP contribution in [0.3, 0.4) is 0 Å². The Kier molecular flexibility index (Phi) is 6.43. The van der Waals surface area contributed by atoms with Gasteiger partial charge in [-0.15, -0.1) is 0 Å². The van der Waals surface area contributed by atoms with Gasteiger partial charge in [0.15, 0.2) is 11.6 Å². The highest BCUT2D eigenvalue weighted by molar-refractivity contribution is 9.10. The van der Waals surface area contributed by atoms with Crippen molar-refractivity contribution >= 4 is 33.6 Å². The number of ketones is 2. The van der Waals surface area contributed by atoms with Crippen LogP contribution >= 0.6 is 15.9 Å². The molecule has 1 heterocycles. The standard InChI is InChI=1S/C21H22BrNO2/c1-5-6-13(2)9-14(3)15(4)20-19(24)11-16(21(20)25)10-18-12-17(22)7-8-23-18/h6-10,12,20H,4-5,11H2,1-3H3/b13-6-,14-9-,16-10?. The Morgan fingerprint density at radius 1 is 1.40 bits per heavy atom. The van der Waals surface area contributed by atoms with Gasteiger partial charge in [0.05, 0.1) is 5.69 Å². The SMILES string of the molecule is C=C(/C(C)=C\C(C)=C/CC)C1C(=O)CC(=Cc2cc(Br)ccn2)C1=O. The van der Waals surface area contributed by atoms with Crippen LogP contribution in [0.25, 0.3) is 6.08 Å². The van der Waals surface area contributed by atoms with Gasteiger partial charge in [0.2, 0.25) is 0 Å². The van der Waals surface area contributed by atoms with Crippen LogP contribution in [0.5, 0.6) is 0 Å². The molecule has 1 fully saturated rings. The number of aromatic nitrogens is 1. The van der Waals surface area contributed by atoms with Crippen molar-refractivity contribution in [2.24, 2.45) is 5.92 Å². The van der Waals surface area contributed by atoms with Gasteiger partial charge in [-0.1, -0.05) is 47.2 Å². The van der Waals surface area contributed by atoms with Crippen molar-refractivity contribution in [1.29, 1.82) is 0 Å². The van der Waals surface area contributed by atoms with Crippen molar-refractivity contribution in [3.05, 3.63) is 69.5 Å². The molecular formula is C21H22BrNO2. The van der Waals surface area contributed by atoms with Crippen LogP contribution in [0, 0.1) is 5.92 Å². The topological polar surface area (TPSA) is 47.0 Å². The minimum Gasteiger partial charge on any atom is -0.298 e. The van der Waals surface area contributed by atoms with Gasteiger partial charge in [0, 0.05) is 22.7 Å². The summed E-state index contributed by atoms with van der Waals surface area (Å²) in [4.78, 5) is 29.4. The van der Waals surface area contributed by atoms with E-state index in [1.807, 2.05) is 32.1 Å². The van der Waals surface area contributed by atoms with Gasteiger partial charge < -0.3 is 0 Å². The third-order valence-corrected chi connectivity index (χ3v) is 4.65. The second-order valence-corrected chi connectivity index (χ2v) is 7.13. The molecule has 130 valence electrons. The van der Waals surface area contributed by atoms with Gasteiger partial charge in [-0.05, 0) is 49.6 Å². The molecule has 1 saturated carbocycles. The van der Waals surface area contributed by atoms with E-state index >= 15 is 0 Å². The van der Waals surface area contributed by atoms with Gasteiger partial charge in [0.1, 0.15) is 5.92 Å². The van der Waals surface area contributed by atoms with E-state index in [0.29, 0.717) is 16.8 Å². The molecule has 0 aliphatic heterocycles. The van der Waals surface area contributed by atoms with E-state index in [4.69, 9.17) is 0 Å². The lowest BCUT2D eigenvalue weighted by Crippen LogP contribution is -2.17. The first-order valence-electron chi connectivity index (χ1n) is 8.26. The van der Waals surface area contributed by atoms with Crippen molar-refractivity contribution in [3.63, 3.8) is 0 Å². The highest BCUT2D eigenvalue weighted by Crippen LogP contribution is 2.33. The van der Waals surface area contributed by atoms with Crippen molar-refractivity contribution in [2.45, 2.75) is 33.6 Å². The number of pyridine rings is 1. The molecule has 25 heavy (non-hydrogen) atoms. The molecule has 1 aromatic rings. The van der Waals surface area contributed by atoms with E-state index in [2.05, 4.69) is 40.5 Å². The third-order valence-electron chi connectivity index (χ3n) is 4.16. The average Bonchev–Trinajstić information content (AvgIpc) is 2.81. The molecule has 2 rings (SSSR count). The van der Waals surface area contributed by atoms with E-state index in [1.54, 1.807) is 12.3 Å². The van der Waals surface area contributed by atoms with E-state index in [9.17, 15) is 9.59 Å². The summed E-state index contributed by atoms with van der Waals surface area (Å²) in [6.45, 7) is 9.99. The van der Waals surface area contributed by atoms with Crippen LogP contribution in [-0.2, 0) is 9.59 Å². The molecule has 0 radical (unpaired) electrons. The number of nitrogens with zero attached hydrogens (tertiary/aromatic N) is 1. The predicted molar refractivity (Wildman–Crippen MR) is 105 cm³/mol. The quantitative estimate of drug-likeness (QED) is 0.386. The molecule has 0 amide bonds. The summed E-state index contributed by atoms with van der Waals surface area (Å²) in [5, 5.41) is 0. The van der Waals surface area contributed by atoms with E-state index in [-0.39, 0.29) is 18.0 Å². The first kappa shape index (κ1) is 19.3. The van der Waals surface area contributed by atoms with Crippen LogP contribution in [0.2, 0.25) is 0 Å². The molecule has 1 unspecified atom stereocenters. The number of carbonyl (C=O) groups excluding carboxylic acids is 2. The predicted octanol–water partition coefficient (Wildman–Crippen LogP) is 5.24. The summed E-state index contributed by atoms with van der Waals surface area (Å²) >= 11 is 3.38. The molecule has 0 spiro atoms. The number of hydrogen-bond acceptors (Lipinski definition) is 3. The Morgan fingerprint density at radius 3 is 2.76 bits per heavy atom. The molecule has 1 aliphatic carbocycles. The van der Waals surface area contributed by atoms with Crippen LogP contribution < -0.4 is 0 Å². The van der Waals surface area contributed by atoms with Crippen LogP contribution in [0.15, 0.2) is 63.8 Å². The summed E-state index contributed by atoms with van der Waals surface area (Å²) in [5.74, 6) is -1.04. The lowest BCUT2D eigenvalue weighted by molar-refractivity contribution is -0.124. The van der Waals surface area contributed by atoms with Gasteiger partial charge in [-0.3, -0.25) is 14.6 Å². The number of Topliss-reactive ketones (excluding diaryl/α,β-unsaturated/α-hetero) is 2. The highest BCUT2D eigenvalue weighted by atomic mass is 79.9. The molecule has 3 nitrogen and oxygen atoms in total. The summed E-state index contributed by atoms with van der Waals surface area (Å²) in [6, 6.07) is 3.63. The van der Waals surface area contributed by atoms with Gasteiger partial charge in [-0.2, -0.15) is 0 Å². The highest BCUT2D eigenvalue weighted by Gasteiger charge is 2.39. The van der Waals surface area contributed by atoms with Crippen molar-refractivity contribution in [1.82, 2.24) is 4.98 Å². The fraction of sp³-hybridized carbons (Fsp3) is 0.286. The maximum Gasteiger partial charge on any atom is 0.174 e. The number of hydrogen-bond donors (Lipinski definition) is 0. The average molecular weight is 400 g/mol. The third kappa shape index (κ3) is 4.73. The summed E-state index contributed by atoms with van der Waals surface area (Å²) in [7, 11) is 0. The number of carbonyl (C=O) groups is 2. The molecular weight excluding hydrogens is 378 g/mol. The van der Waals surface area contributed by atoms with Crippen LogP contribution in [0.1, 0.15) is 39.3 Å².